The molecule has 0 saturated heterocycles. The van der Waals surface area contributed by atoms with Gasteiger partial charge in [0.15, 0.2) is 0 Å². The predicted octanol–water partition coefficient (Wildman–Crippen LogP) is 2.02. The quantitative estimate of drug-likeness (QED) is 0.869. The fourth-order valence-electron chi connectivity index (χ4n) is 2.66. The maximum atomic E-state index is 12.0. The molecule has 7 heteroatoms. The van der Waals surface area contributed by atoms with Crippen molar-refractivity contribution in [1.29, 1.82) is 0 Å². The van der Waals surface area contributed by atoms with Gasteiger partial charge in [-0.15, -0.1) is 11.3 Å². The summed E-state index contributed by atoms with van der Waals surface area (Å²) < 4.78 is 0. The summed E-state index contributed by atoms with van der Waals surface area (Å²) in [5.41, 5.74) is 1.48. The number of pyridine rings is 1. The zero-order valence-corrected chi connectivity index (χ0v) is 14.4. The lowest BCUT2D eigenvalue weighted by Crippen LogP contribution is -2.38. The molecule has 2 aromatic rings. The molecule has 0 bridgehead atoms. The van der Waals surface area contributed by atoms with Gasteiger partial charge < -0.3 is 10.6 Å². The second-order valence-corrected chi connectivity index (χ2v) is 6.93. The van der Waals surface area contributed by atoms with Crippen molar-refractivity contribution in [2.75, 3.05) is 6.54 Å². The topological polar surface area (TPSA) is 84.0 Å². The highest BCUT2D eigenvalue weighted by Gasteiger charge is 2.19. The molecule has 0 radical (unpaired) electrons. The van der Waals surface area contributed by atoms with Crippen molar-refractivity contribution in [3.05, 3.63) is 45.7 Å². The Hall–Kier alpha value is -2.28. The molecule has 1 aliphatic rings. The van der Waals surface area contributed by atoms with Crippen molar-refractivity contribution in [3.8, 4) is 0 Å². The fraction of sp³-hybridized carbons (Fsp3) is 0.412. The second kappa shape index (κ2) is 7.53. The molecule has 1 atom stereocenters. The van der Waals surface area contributed by atoms with Crippen LogP contribution in [0.2, 0.25) is 0 Å². The summed E-state index contributed by atoms with van der Waals surface area (Å²) in [5.74, 6) is -0.594. The van der Waals surface area contributed by atoms with Crippen LogP contribution < -0.4 is 10.6 Å². The van der Waals surface area contributed by atoms with Crippen molar-refractivity contribution < 1.29 is 9.59 Å². The maximum Gasteiger partial charge on any atom is 0.270 e. The molecule has 24 heavy (non-hydrogen) atoms. The first-order valence-corrected chi connectivity index (χ1v) is 8.92. The van der Waals surface area contributed by atoms with Gasteiger partial charge in [-0.1, -0.05) is 6.07 Å². The Labute approximate surface area is 144 Å². The standard InChI is InChI=1S/C17H20N4O2S/c1-11(17-21-12-6-2-3-8-14(12)24-17)20-15(22)10-19-16(23)13-7-4-5-9-18-13/h4-5,7,9,11H,2-3,6,8,10H2,1H3,(H,19,23)(H,20,22). The summed E-state index contributed by atoms with van der Waals surface area (Å²) in [4.78, 5) is 33.9. The lowest BCUT2D eigenvalue weighted by atomic mass is 10.0. The molecule has 0 aliphatic heterocycles. The molecule has 2 heterocycles. The van der Waals surface area contributed by atoms with Gasteiger partial charge in [-0.05, 0) is 44.7 Å². The molecule has 0 saturated carbocycles. The predicted molar refractivity (Wildman–Crippen MR) is 91.9 cm³/mol. The smallest absolute Gasteiger partial charge is 0.270 e. The Morgan fingerprint density at radius 1 is 1.29 bits per heavy atom. The summed E-state index contributed by atoms with van der Waals surface area (Å²) in [6.07, 6.45) is 6.08. The lowest BCUT2D eigenvalue weighted by Gasteiger charge is -2.11. The Balaban J connectivity index is 1.51. The third-order valence-corrected chi connectivity index (χ3v) is 5.26. The highest BCUT2D eigenvalue weighted by atomic mass is 32.1. The van der Waals surface area contributed by atoms with E-state index in [1.165, 1.54) is 23.4 Å². The Morgan fingerprint density at radius 2 is 2.12 bits per heavy atom. The molecule has 0 fully saturated rings. The Kier molecular flexibility index (Phi) is 5.20. The van der Waals surface area contributed by atoms with Crippen LogP contribution in [-0.2, 0) is 17.6 Å². The van der Waals surface area contributed by atoms with Crippen LogP contribution >= 0.6 is 11.3 Å². The molecule has 3 rings (SSSR count). The largest absolute Gasteiger partial charge is 0.346 e. The monoisotopic (exact) mass is 344 g/mol. The highest BCUT2D eigenvalue weighted by Crippen LogP contribution is 2.29. The van der Waals surface area contributed by atoms with E-state index in [4.69, 9.17) is 0 Å². The molecular weight excluding hydrogens is 324 g/mol. The summed E-state index contributed by atoms with van der Waals surface area (Å²) >= 11 is 1.68. The maximum absolute atomic E-state index is 12.0. The second-order valence-electron chi connectivity index (χ2n) is 5.82. The van der Waals surface area contributed by atoms with E-state index in [9.17, 15) is 9.59 Å². The summed E-state index contributed by atoms with van der Waals surface area (Å²) in [6, 6.07) is 4.92. The van der Waals surface area contributed by atoms with E-state index >= 15 is 0 Å². The van der Waals surface area contributed by atoms with Gasteiger partial charge in [0.2, 0.25) is 5.91 Å². The number of hydrogen-bond donors (Lipinski definition) is 2. The van der Waals surface area contributed by atoms with E-state index in [1.807, 2.05) is 6.92 Å². The zero-order valence-electron chi connectivity index (χ0n) is 13.5. The molecule has 2 amide bonds. The van der Waals surface area contributed by atoms with Crippen molar-refractivity contribution >= 4 is 23.2 Å². The molecule has 0 aromatic carbocycles. The van der Waals surface area contributed by atoms with Crippen molar-refractivity contribution in [2.24, 2.45) is 0 Å². The van der Waals surface area contributed by atoms with Crippen LogP contribution in [0.25, 0.3) is 0 Å². The van der Waals surface area contributed by atoms with Crippen LogP contribution in [0.3, 0.4) is 0 Å². The van der Waals surface area contributed by atoms with Gasteiger partial charge in [-0.2, -0.15) is 0 Å². The van der Waals surface area contributed by atoms with Crippen LogP contribution in [0.5, 0.6) is 0 Å². The number of aromatic nitrogens is 2. The van der Waals surface area contributed by atoms with Crippen LogP contribution in [0.1, 0.15) is 51.9 Å². The van der Waals surface area contributed by atoms with Gasteiger partial charge >= 0.3 is 0 Å². The number of nitrogens with one attached hydrogen (secondary N) is 2. The molecule has 1 unspecified atom stereocenters. The lowest BCUT2D eigenvalue weighted by molar-refractivity contribution is -0.120. The number of hydrogen-bond acceptors (Lipinski definition) is 5. The Morgan fingerprint density at radius 3 is 2.88 bits per heavy atom. The first-order valence-electron chi connectivity index (χ1n) is 8.10. The van der Waals surface area contributed by atoms with Crippen LogP contribution in [0.4, 0.5) is 0 Å². The summed E-state index contributed by atoms with van der Waals surface area (Å²) in [7, 11) is 0. The van der Waals surface area contributed by atoms with Crippen molar-refractivity contribution in [2.45, 2.75) is 38.6 Å². The van der Waals surface area contributed by atoms with E-state index < -0.39 is 0 Å². The molecular formula is C17H20N4O2S. The van der Waals surface area contributed by atoms with Crippen LogP contribution in [-0.4, -0.2) is 28.3 Å². The number of carbonyl (C=O) groups is 2. The molecule has 2 aromatic heterocycles. The van der Waals surface area contributed by atoms with Crippen molar-refractivity contribution in [1.82, 2.24) is 20.6 Å². The highest BCUT2D eigenvalue weighted by molar-refractivity contribution is 7.11. The van der Waals surface area contributed by atoms with E-state index in [-0.39, 0.29) is 24.4 Å². The van der Waals surface area contributed by atoms with Gasteiger partial charge in [-0.25, -0.2) is 4.98 Å². The fourth-order valence-corrected chi connectivity index (χ4v) is 3.82. The number of nitrogens with zero attached hydrogens (tertiary/aromatic N) is 2. The molecule has 1 aliphatic carbocycles. The molecule has 126 valence electrons. The minimum Gasteiger partial charge on any atom is -0.346 e. The first-order chi connectivity index (χ1) is 11.6. The van der Waals surface area contributed by atoms with E-state index in [2.05, 4.69) is 20.6 Å². The minimum atomic E-state index is -0.358. The molecule has 2 N–H and O–H groups in total. The van der Waals surface area contributed by atoms with Crippen LogP contribution in [0.15, 0.2) is 24.4 Å². The minimum absolute atomic E-state index is 0.0785. The molecule has 0 spiro atoms. The SMILES string of the molecule is CC(NC(=O)CNC(=O)c1ccccn1)c1nc2c(s1)CCCC2. The number of carbonyl (C=O) groups excluding carboxylic acids is 2. The summed E-state index contributed by atoms with van der Waals surface area (Å²) in [6.45, 7) is 1.84. The van der Waals surface area contributed by atoms with Gasteiger partial charge in [0.1, 0.15) is 10.7 Å². The number of aryl methyl sites for hydroxylation is 2. The van der Waals surface area contributed by atoms with Gasteiger partial charge in [0.05, 0.1) is 18.3 Å². The summed E-state index contributed by atoms with van der Waals surface area (Å²) in [5, 5.41) is 6.40. The zero-order chi connectivity index (χ0) is 16.9. The Bertz CT molecular complexity index is 706. The normalized spacial score (nSPS) is 14.5. The van der Waals surface area contributed by atoms with Crippen LogP contribution in [0, 0.1) is 0 Å². The van der Waals surface area contributed by atoms with Gasteiger partial charge in [0.25, 0.3) is 5.91 Å². The van der Waals surface area contributed by atoms with Gasteiger partial charge in [-0.3, -0.25) is 14.6 Å². The van der Waals surface area contributed by atoms with Gasteiger partial charge in [0, 0.05) is 11.1 Å². The number of rotatable bonds is 5. The van der Waals surface area contributed by atoms with Crippen molar-refractivity contribution in [3.63, 3.8) is 0 Å². The number of fused-ring (bicyclic) bond motifs is 1. The van der Waals surface area contributed by atoms with E-state index in [0.717, 1.165) is 17.8 Å². The third kappa shape index (κ3) is 3.97. The average Bonchev–Trinajstić information content (AvgIpc) is 3.05. The average molecular weight is 344 g/mol. The molecule has 6 nitrogen and oxygen atoms in total. The third-order valence-electron chi connectivity index (χ3n) is 3.92. The van der Waals surface area contributed by atoms with E-state index in [1.54, 1.807) is 35.7 Å². The number of amides is 2. The number of thiazole rings is 1. The first kappa shape index (κ1) is 16.6. The van der Waals surface area contributed by atoms with E-state index in [0.29, 0.717) is 5.69 Å².